The topological polar surface area (TPSA) is 84.1 Å². The number of benzene rings is 1. The number of carbonyl (C=O) groups is 1. The first kappa shape index (κ1) is 17.4. The summed E-state index contributed by atoms with van der Waals surface area (Å²) in [5.74, 6) is -0.532. The average Bonchev–Trinajstić information content (AvgIpc) is 3.17. The Balaban J connectivity index is 1.48. The van der Waals surface area contributed by atoms with Crippen molar-refractivity contribution in [2.45, 2.75) is 25.3 Å². The van der Waals surface area contributed by atoms with Crippen molar-refractivity contribution in [3.63, 3.8) is 0 Å². The minimum absolute atomic E-state index is 0.244. The second-order valence-electron chi connectivity index (χ2n) is 6.82. The second kappa shape index (κ2) is 7.67. The maximum atomic E-state index is 11.4. The Labute approximate surface area is 157 Å². The van der Waals surface area contributed by atoms with Crippen molar-refractivity contribution in [3.8, 4) is 5.69 Å². The van der Waals surface area contributed by atoms with Crippen LogP contribution in [0, 0.1) is 0 Å². The maximum Gasteiger partial charge on any atom is 0.337 e. The van der Waals surface area contributed by atoms with E-state index in [9.17, 15) is 9.90 Å². The van der Waals surface area contributed by atoms with Crippen molar-refractivity contribution < 1.29 is 9.90 Å². The number of carboxylic acids is 1. The summed E-state index contributed by atoms with van der Waals surface area (Å²) < 4.78 is 1.64. The largest absolute Gasteiger partial charge is 0.478 e. The summed E-state index contributed by atoms with van der Waals surface area (Å²) in [4.78, 5) is 22.2. The third-order valence-electron chi connectivity index (χ3n) is 4.95. The molecule has 1 saturated heterocycles. The van der Waals surface area contributed by atoms with Crippen molar-refractivity contribution in [3.05, 3.63) is 72.1 Å². The standard InChI is InChI=1S/C20H21N5O2/c26-20(27)17-5-1-2-6-19(17)25-12-15(10-23-25)11-24-9-3-4-16(13-24)18-7-8-21-14-22-18/h1-2,5-8,10,12,14,16H,3-4,9,11,13H2,(H,26,27)/t16-/m0/s1. The zero-order valence-electron chi connectivity index (χ0n) is 14.9. The van der Waals surface area contributed by atoms with Gasteiger partial charge in [0.15, 0.2) is 0 Å². The molecule has 27 heavy (non-hydrogen) atoms. The highest BCUT2D eigenvalue weighted by atomic mass is 16.4. The number of carboxylic acid groups (broad SMARTS) is 1. The van der Waals surface area contributed by atoms with Crippen LogP contribution in [-0.4, -0.2) is 48.8 Å². The summed E-state index contributed by atoms with van der Waals surface area (Å²) in [6.45, 7) is 2.78. The van der Waals surface area contributed by atoms with Crippen molar-refractivity contribution in [2.75, 3.05) is 13.1 Å². The number of para-hydroxylation sites is 1. The van der Waals surface area contributed by atoms with Crippen LogP contribution in [0.4, 0.5) is 0 Å². The van der Waals surface area contributed by atoms with Gasteiger partial charge in [-0.1, -0.05) is 12.1 Å². The predicted octanol–water partition coefficient (Wildman–Crippen LogP) is 2.74. The molecular weight excluding hydrogens is 342 g/mol. The molecule has 1 N–H and O–H groups in total. The fraction of sp³-hybridized carbons (Fsp3) is 0.300. The van der Waals surface area contributed by atoms with Crippen LogP contribution < -0.4 is 0 Å². The highest BCUT2D eigenvalue weighted by molar-refractivity contribution is 5.91. The summed E-state index contributed by atoms with van der Waals surface area (Å²) >= 11 is 0. The second-order valence-corrected chi connectivity index (χ2v) is 6.82. The average molecular weight is 363 g/mol. The number of rotatable bonds is 5. The highest BCUT2D eigenvalue weighted by Crippen LogP contribution is 2.26. The van der Waals surface area contributed by atoms with E-state index in [0.717, 1.165) is 43.7 Å². The molecule has 1 atom stereocenters. The number of piperidine rings is 1. The first-order valence-corrected chi connectivity index (χ1v) is 9.05. The van der Waals surface area contributed by atoms with Crippen LogP contribution in [0.5, 0.6) is 0 Å². The lowest BCUT2D eigenvalue weighted by Gasteiger charge is -2.32. The van der Waals surface area contributed by atoms with Crippen LogP contribution in [0.1, 0.15) is 40.4 Å². The molecule has 2 aromatic heterocycles. The lowest BCUT2D eigenvalue weighted by atomic mass is 9.94. The van der Waals surface area contributed by atoms with Gasteiger partial charge in [-0.05, 0) is 37.6 Å². The third-order valence-corrected chi connectivity index (χ3v) is 4.95. The normalized spacial score (nSPS) is 17.7. The van der Waals surface area contributed by atoms with Gasteiger partial charge in [0.25, 0.3) is 0 Å². The third kappa shape index (κ3) is 3.88. The first-order chi connectivity index (χ1) is 13.2. The van der Waals surface area contributed by atoms with Crippen molar-refractivity contribution in [2.24, 2.45) is 0 Å². The number of aromatic nitrogens is 4. The molecule has 0 unspecified atom stereocenters. The Morgan fingerprint density at radius 3 is 2.96 bits per heavy atom. The molecule has 3 heterocycles. The van der Waals surface area contributed by atoms with Crippen LogP contribution in [-0.2, 0) is 6.54 Å². The van der Waals surface area contributed by atoms with Gasteiger partial charge in [-0.3, -0.25) is 4.90 Å². The van der Waals surface area contributed by atoms with E-state index in [1.165, 1.54) is 0 Å². The van der Waals surface area contributed by atoms with Crippen molar-refractivity contribution >= 4 is 5.97 Å². The molecule has 1 aliphatic heterocycles. The fourth-order valence-electron chi connectivity index (χ4n) is 3.67. The summed E-state index contributed by atoms with van der Waals surface area (Å²) in [6, 6.07) is 8.90. The van der Waals surface area contributed by atoms with Gasteiger partial charge in [0.2, 0.25) is 0 Å². The smallest absolute Gasteiger partial charge is 0.337 e. The van der Waals surface area contributed by atoms with E-state index < -0.39 is 5.97 Å². The Kier molecular flexibility index (Phi) is 4.93. The van der Waals surface area contributed by atoms with Gasteiger partial charge >= 0.3 is 5.97 Å². The summed E-state index contributed by atoms with van der Waals surface area (Å²) in [6.07, 6.45) is 9.40. The molecule has 1 aromatic carbocycles. The van der Waals surface area contributed by atoms with Gasteiger partial charge < -0.3 is 5.11 Å². The van der Waals surface area contributed by atoms with Gasteiger partial charge in [0.05, 0.1) is 17.4 Å². The minimum Gasteiger partial charge on any atom is -0.478 e. The lowest BCUT2D eigenvalue weighted by molar-refractivity contribution is 0.0696. The summed E-state index contributed by atoms with van der Waals surface area (Å²) in [7, 11) is 0. The molecule has 4 rings (SSSR count). The summed E-state index contributed by atoms with van der Waals surface area (Å²) in [5.41, 5.74) is 2.99. The van der Waals surface area contributed by atoms with Crippen molar-refractivity contribution in [1.82, 2.24) is 24.6 Å². The minimum atomic E-state index is -0.952. The molecule has 0 radical (unpaired) electrons. The first-order valence-electron chi connectivity index (χ1n) is 9.05. The SMILES string of the molecule is O=C(O)c1ccccc1-n1cc(CN2CCC[C@H](c3ccncn3)C2)cn1. The van der Waals surface area contributed by atoms with E-state index in [0.29, 0.717) is 11.6 Å². The zero-order chi connectivity index (χ0) is 18.6. The van der Waals surface area contributed by atoms with Gasteiger partial charge in [-0.2, -0.15) is 5.10 Å². The Bertz CT molecular complexity index is 925. The van der Waals surface area contributed by atoms with Crippen LogP contribution >= 0.6 is 0 Å². The molecule has 7 nitrogen and oxygen atoms in total. The molecule has 1 fully saturated rings. The molecule has 138 valence electrons. The highest BCUT2D eigenvalue weighted by Gasteiger charge is 2.22. The number of hydrogen-bond acceptors (Lipinski definition) is 5. The van der Waals surface area contributed by atoms with Gasteiger partial charge in [0, 0.05) is 42.7 Å². The van der Waals surface area contributed by atoms with Crippen LogP contribution in [0.15, 0.2) is 55.2 Å². The molecule has 0 spiro atoms. The quantitative estimate of drug-likeness (QED) is 0.750. The van der Waals surface area contributed by atoms with Crippen LogP contribution in [0.25, 0.3) is 5.69 Å². The van der Waals surface area contributed by atoms with E-state index in [4.69, 9.17) is 0 Å². The molecule has 3 aromatic rings. The van der Waals surface area contributed by atoms with E-state index in [-0.39, 0.29) is 5.56 Å². The van der Waals surface area contributed by atoms with Gasteiger partial charge in [0.1, 0.15) is 6.33 Å². The number of aromatic carboxylic acids is 1. The van der Waals surface area contributed by atoms with E-state index in [1.54, 1.807) is 35.4 Å². The van der Waals surface area contributed by atoms with E-state index in [1.807, 2.05) is 24.5 Å². The molecule has 0 bridgehead atoms. The summed E-state index contributed by atoms with van der Waals surface area (Å²) in [5, 5.41) is 13.8. The van der Waals surface area contributed by atoms with Gasteiger partial charge in [-0.25, -0.2) is 19.4 Å². The lowest BCUT2D eigenvalue weighted by Crippen LogP contribution is -2.34. The monoisotopic (exact) mass is 363 g/mol. The molecule has 1 aliphatic rings. The van der Waals surface area contributed by atoms with E-state index >= 15 is 0 Å². The maximum absolute atomic E-state index is 11.4. The number of nitrogens with zero attached hydrogens (tertiary/aromatic N) is 5. The molecule has 0 aliphatic carbocycles. The molecule has 0 amide bonds. The predicted molar refractivity (Wildman–Crippen MR) is 99.8 cm³/mol. The zero-order valence-corrected chi connectivity index (χ0v) is 14.9. The van der Waals surface area contributed by atoms with Crippen LogP contribution in [0.2, 0.25) is 0 Å². The Hall–Kier alpha value is -3.06. The number of likely N-dealkylation sites (tertiary alicyclic amines) is 1. The molecular formula is C20H21N5O2. The van der Waals surface area contributed by atoms with Crippen molar-refractivity contribution in [1.29, 1.82) is 0 Å². The molecule has 7 heteroatoms. The number of hydrogen-bond donors (Lipinski definition) is 1. The van der Waals surface area contributed by atoms with Gasteiger partial charge in [-0.15, -0.1) is 0 Å². The van der Waals surface area contributed by atoms with E-state index in [2.05, 4.69) is 20.0 Å². The fourth-order valence-corrected chi connectivity index (χ4v) is 3.67. The van der Waals surface area contributed by atoms with Crippen LogP contribution in [0.3, 0.4) is 0 Å². The Morgan fingerprint density at radius 1 is 1.26 bits per heavy atom. The Morgan fingerprint density at radius 2 is 2.15 bits per heavy atom. The molecule has 0 saturated carbocycles.